The minimum atomic E-state index is -0.846. The number of hydrogen-bond donors (Lipinski definition) is 3. The average molecular weight is 760 g/mol. The molecule has 1 spiro atoms. The molecule has 1 fully saturated rings. The van der Waals surface area contributed by atoms with Crippen LogP contribution in [0.3, 0.4) is 0 Å². The lowest BCUT2D eigenvalue weighted by molar-refractivity contribution is -0.126. The van der Waals surface area contributed by atoms with Gasteiger partial charge in [0.2, 0.25) is 5.91 Å². The second-order valence-corrected chi connectivity index (χ2v) is 14.3. The molecule has 0 saturated carbocycles. The number of allylic oxidation sites excluding steroid dienone is 1. The van der Waals surface area contributed by atoms with Gasteiger partial charge in [-0.2, -0.15) is 5.26 Å². The summed E-state index contributed by atoms with van der Waals surface area (Å²) in [5, 5.41) is 29.0. The first-order chi connectivity index (χ1) is 27.2. The quantitative estimate of drug-likeness (QED) is 0.142. The molecule has 6 rings (SSSR count). The van der Waals surface area contributed by atoms with Gasteiger partial charge in [0.05, 0.1) is 17.0 Å². The first kappa shape index (κ1) is 45.7. The highest BCUT2D eigenvalue weighted by Gasteiger charge is 2.50. The molecule has 5 nitrogen and oxygen atoms in total. The number of nitrogens with zero attached hydrogens (tertiary/aromatic N) is 1. The number of carbonyl (C=O) groups is 1. The first-order valence-corrected chi connectivity index (χ1v) is 21.2. The third-order valence-electron chi connectivity index (χ3n) is 11.2. The van der Waals surface area contributed by atoms with Crippen molar-refractivity contribution < 1.29 is 14.3 Å². The van der Waals surface area contributed by atoms with E-state index in [9.17, 15) is 15.2 Å². The van der Waals surface area contributed by atoms with Crippen molar-refractivity contribution in [1.82, 2.24) is 10.6 Å². The predicted octanol–water partition coefficient (Wildman–Crippen LogP) is 12.8. The standard InChI is InChI=1S/C39H38FN3O2.C7H16.2C2H6/c1-4-11-31-33(35-37(24(3)5-2)43-38(45)39(35)16-10-17-42-23-39)20-28(18-25-12-6-7-14-27(25)22-41)34(36(31)40)32-21-29(44)19-26-13-8-9-15-30(26)32;1-4-7(5-2)6-3;2*1-2/h6-9,12-15,19-21,42,44H,3-5,10-11,16-18,23H2,1-2H3,(H,43,45);7H,4-6H2,1-3H3;2*1-2H3. The van der Waals surface area contributed by atoms with Gasteiger partial charge in [-0.05, 0) is 113 Å². The number of piperidine rings is 1. The molecule has 1 unspecified atom stereocenters. The Morgan fingerprint density at radius 3 is 2.18 bits per heavy atom. The Hall–Kier alpha value is -4.73. The normalized spacial score (nSPS) is 15.9. The number of benzene rings is 4. The average Bonchev–Trinajstić information content (AvgIpc) is 3.51. The van der Waals surface area contributed by atoms with Crippen LogP contribution >= 0.6 is 0 Å². The number of hydrogen-bond acceptors (Lipinski definition) is 4. The molecule has 0 bridgehead atoms. The number of aromatic hydroxyl groups is 1. The van der Waals surface area contributed by atoms with Crippen molar-refractivity contribution in [2.24, 2.45) is 11.3 Å². The molecule has 4 aromatic rings. The fourth-order valence-electron chi connectivity index (χ4n) is 8.04. The molecule has 300 valence electrons. The molecule has 1 saturated heterocycles. The van der Waals surface area contributed by atoms with Gasteiger partial charge in [0.15, 0.2) is 0 Å². The van der Waals surface area contributed by atoms with Crippen LogP contribution in [0.4, 0.5) is 4.39 Å². The molecule has 0 aromatic heterocycles. The van der Waals surface area contributed by atoms with Gasteiger partial charge >= 0.3 is 0 Å². The summed E-state index contributed by atoms with van der Waals surface area (Å²) in [6.07, 6.45) is 7.64. The summed E-state index contributed by atoms with van der Waals surface area (Å²) in [7, 11) is 0. The number of halogens is 1. The number of rotatable bonds is 11. The number of fused-ring (bicyclic) bond motifs is 1. The Kier molecular flexibility index (Phi) is 18.0. The van der Waals surface area contributed by atoms with Crippen LogP contribution in [0.15, 0.2) is 84.6 Å². The molecule has 3 N–H and O–H groups in total. The fraction of sp³-hybridized carbons (Fsp3) is 0.440. The first-order valence-electron chi connectivity index (χ1n) is 21.2. The molecule has 0 radical (unpaired) electrons. The third kappa shape index (κ3) is 9.79. The van der Waals surface area contributed by atoms with Crippen molar-refractivity contribution in [3.05, 3.63) is 118 Å². The maximum absolute atomic E-state index is 17.6. The van der Waals surface area contributed by atoms with Gasteiger partial charge in [0, 0.05) is 23.4 Å². The van der Waals surface area contributed by atoms with Gasteiger partial charge in [-0.25, -0.2) is 4.39 Å². The summed E-state index contributed by atoms with van der Waals surface area (Å²) in [5.41, 5.74) is 5.74. The van der Waals surface area contributed by atoms with Crippen molar-refractivity contribution in [3.63, 3.8) is 0 Å². The van der Waals surface area contributed by atoms with Gasteiger partial charge in [-0.3, -0.25) is 4.79 Å². The second-order valence-electron chi connectivity index (χ2n) is 14.3. The third-order valence-corrected chi connectivity index (χ3v) is 11.2. The van der Waals surface area contributed by atoms with E-state index in [1.54, 1.807) is 18.2 Å². The van der Waals surface area contributed by atoms with E-state index in [1.807, 2.05) is 90.1 Å². The van der Waals surface area contributed by atoms with E-state index in [0.29, 0.717) is 72.2 Å². The zero-order chi connectivity index (χ0) is 41.4. The number of amides is 1. The van der Waals surface area contributed by atoms with Crippen LogP contribution in [0.25, 0.3) is 27.5 Å². The smallest absolute Gasteiger partial charge is 0.236 e. The lowest BCUT2D eigenvalue weighted by Gasteiger charge is -2.35. The number of nitriles is 1. The number of carbonyl (C=O) groups excluding carboxylic acids is 1. The number of phenolic OH excluding ortho intramolecular Hbond substituents is 1. The van der Waals surface area contributed by atoms with Gasteiger partial charge in [0.25, 0.3) is 0 Å². The van der Waals surface area contributed by atoms with Crippen molar-refractivity contribution in [3.8, 4) is 22.9 Å². The Morgan fingerprint density at radius 1 is 0.929 bits per heavy atom. The Balaban J connectivity index is 0.000000682. The van der Waals surface area contributed by atoms with E-state index >= 15 is 4.39 Å². The Labute approximate surface area is 337 Å². The molecule has 2 heterocycles. The molecule has 6 heteroatoms. The second kappa shape index (κ2) is 22.1. The van der Waals surface area contributed by atoms with Crippen molar-refractivity contribution >= 4 is 22.3 Å². The molecule has 2 aliphatic rings. The van der Waals surface area contributed by atoms with E-state index in [4.69, 9.17) is 0 Å². The molecule has 2 aliphatic heterocycles. The van der Waals surface area contributed by atoms with Gasteiger partial charge in [-0.15, -0.1) is 0 Å². The summed E-state index contributed by atoms with van der Waals surface area (Å²) < 4.78 is 17.6. The van der Waals surface area contributed by atoms with Crippen LogP contribution in [0.1, 0.15) is 135 Å². The molecule has 4 aromatic carbocycles. The zero-order valence-corrected chi connectivity index (χ0v) is 35.6. The highest BCUT2D eigenvalue weighted by Crippen LogP contribution is 2.51. The van der Waals surface area contributed by atoms with E-state index < -0.39 is 5.41 Å². The summed E-state index contributed by atoms with van der Waals surface area (Å²) in [5.74, 6) is 0.605. The molecule has 1 atom stereocenters. The maximum atomic E-state index is 17.6. The summed E-state index contributed by atoms with van der Waals surface area (Å²) in [6.45, 7) is 24.4. The molecule has 56 heavy (non-hydrogen) atoms. The SMILES string of the molecule is C=C(CC)C1=C(c2cc(Cc3ccccc3C#N)c(-c3cc(O)cc4ccccc34)c(F)c2CCC)C2(CCCNC2)C(=O)N1.CC.CC.CCC(CC)CC. The van der Waals surface area contributed by atoms with Crippen LogP contribution in [-0.2, 0) is 17.6 Å². The van der Waals surface area contributed by atoms with E-state index in [-0.39, 0.29) is 17.5 Å². The summed E-state index contributed by atoms with van der Waals surface area (Å²) in [4.78, 5) is 13.9. The minimum absolute atomic E-state index is 0.0506. The van der Waals surface area contributed by atoms with Crippen LogP contribution in [0.2, 0.25) is 0 Å². The van der Waals surface area contributed by atoms with Gasteiger partial charge in [0.1, 0.15) is 11.6 Å². The van der Waals surface area contributed by atoms with Crippen molar-refractivity contribution in [1.29, 1.82) is 5.26 Å². The Bertz CT molecular complexity index is 2010. The lowest BCUT2D eigenvalue weighted by atomic mass is 9.70. The van der Waals surface area contributed by atoms with Crippen LogP contribution in [0, 0.1) is 28.5 Å². The molecule has 0 aliphatic carbocycles. The minimum Gasteiger partial charge on any atom is -0.508 e. The zero-order valence-electron chi connectivity index (χ0n) is 35.6. The Morgan fingerprint density at radius 2 is 1.59 bits per heavy atom. The van der Waals surface area contributed by atoms with E-state index in [2.05, 4.69) is 44.1 Å². The van der Waals surface area contributed by atoms with Crippen LogP contribution in [0.5, 0.6) is 5.75 Å². The predicted molar refractivity (Wildman–Crippen MR) is 235 cm³/mol. The van der Waals surface area contributed by atoms with Crippen LogP contribution in [-0.4, -0.2) is 24.1 Å². The topological polar surface area (TPSA) is 85.2 Å². The largest absolute Gasteiger partial charge is 0.508 e. The number of nitrogens with one attached hydrogen (secondary N) is 2. The summed E-state index contributed by atoms with van der Waals surface area (Å²) >= 11 is 0. The molecule has 1 amide bonds. The highest BCUT2D eigenvalue weighted by atomic mass is 19.1. The van der Waals surface area contributed by atoms with Crippen molar-refractivity contribution in [2.45, 2.75) is 120 Å². The van der Waals surface area contributed by atoms with E-state index in [0.717, 1.165) is 51.9 Å². The molecular formula is C50H66FN3O2. The molecular weight excluding hydrogens is 694 g/mol. The highest BCUT2D eigenvalue weighted by molar-refractivity contribution is 6.06. The number of phenols is 1. The van der Waals surface area contributed by atoms with E-state index in [1.165, 1.54) is 19.3 Å². The lowest BCUT2D eigenvalue weighted by Crippen LogP contribution is -2.46. The fourth-order valence-corrected chi connectivity index (χ4v) is 8.04. The van der Waals surface area contributed by atoms with Crippen molar-refractivity contribution in [2.75, 3.05) is 13.1 Å². The van der Waals surface area contributed by atoms with Gasteiger partial charge < -0.3 is 15.7 Å². The summed E-state index contributed by atoms with van der Waals surface area (Å²) in [6, 6.07) is 22.7. The van der Waals surface area contributed by atoms with Crippen LogP contribution < -0.4 is 10.6 Å². The van der Waals surface area contributed by atoms with Gasteiger partial charge in [-0.1, -0.05) is 137 Å². The monoisotopic (exact) mass is 760 g/mol. The maximum Gasteiger partial charge on any atom is 0.236 e.